The highest BCUT2D eigenvalue weighted by Gasteiger charge is 2.02. The molecule has 2 aromatic rings. The molecule has 2 N–H and O–H groups in total. The second-order valence-corrected chi connectivity index (χ2v) is 3.75. The summed E-state index contributed by atoms with van der Waals surface area (Å²) in [5, 5.41) is 0. The van der Waals surface area contributed by atoms with Gasteiger partial charge in [0.1, 0.15) is 0 Å². The van der Waals surface area contributed by atoms with E-state index in [-0.39, 0.29) is 6.04 Å². The Labute approximate surface area is 96.2 Å². The van der Waals surface area contributed by atoms with Gasteiger partial charge in [-0.2, -0.15) is 0 Å². The fourth-order valence-corrected chi connectivity index (χ4v) is 1.69. The fourth-order valence-electron chi connectivity index (χ4n) is 1.69. The molecule has 0 bridgehead atoms. The Hall–Kier alpha value is -1.86. The van der Waals surface area contributed by atoms with E-state index in [2.05, 4.69) is 30.8 Å². The van der Waals surface area contributed by atoms with Gasteiger partial charge < -0.3 is 5.73 Å². The first-order chi connectivity index (χ1) is 7.81. The maximum absolute atomic E-state index is 5.92. The number of hydrogen-bond donors (Lipinski definition) is 1. The minimum Gasteiger partial charge on any atom is -0.321 e. The topological polar surface area (TPSA) is 26.0 Å². The van der Waals surface area contributed by atoms with E-state index in [1.807, 2.05) is 30.3 Å². The van der Waals surface area contributed by atoms with E-state index in [1.165, 1.54) is 11.1 Å². The van der Waals surface area contributed by atoms with Crippen molar-refractivity contribution in [1.29, 1.82) is 0 Å². The van der Waals surface area contributed by atoms with Gasteiger partial charge in [-0.3, -0.25) is 0 Å². The summed E-state index contributed by atoms with van der Waals surface area (Å²) in [6, 6.07) is 18.4. The Morgan fingerprint density at radius 2 is 1.62 bits per heavy atom. The van der Waals surface area contributed by atoms with Gasteiger partial charge in [-0.15, -0.1) is 6.58 Å². The molecule has 0 aliphatic heterocycles. The van der Waals surface area contributed by atoms with Crippen LogP contribution in [0.25, 0.3) is 11.1 Å². The van der Waals surface area contributed by atoms with Crippen LogP contribution in [0.3, 0.4) is 0 Å². The molecule has 2 aromatic carbocycles. The van der Waals surface area contributed by atoms with Crippen LogP contribution in [0.1, 0.15) is 11.6 Å². The van der Waals surface area contributed by atoms with E-state index in [0.717, 1.165) is 5.56 Å². The Kier molecular flexibility index (Phi) is 3.18. The quantitative estimate of drug-likeness (QED) is 0.769. The number of hydrogen-bond acceptors (Lipinski definition) is 1. The maximum Gasteiger partial charge on any atom is 0.0478 e. The third kappa shape index (κ3) is 2.20. The highest BCUT2D eigenvalue weighted by molar-refractivity contribution is 5.64. The molecule has 80 valence electrons. The van der Waals surface area contributed by atoms with E-state index in [4.69, 9.17) is 5.73 Å². The summed E-state index contributed by atoms with van der Waals surface area (Å²) in [5.74, 6) is 0. The standard InChI is InChI=1S/C15H15N/c1-2-15(16)14-10-6-9-13(11-14)12-7-4-3-5-8-12/h2-11,15H,1,16H2/t15-/m1/s1. The normalized spacial score (nSPS) is 12.1. The van der Waals surface area contributed by atoms with Gasteiger partial charge in [0.05, 0.1) is 0 Å². The van der Waals surface area contributed by atoms with Crippen molar-refractivity contribution in [1.82, 2.24) is 0 Å². The van der Waals surface area contributed by atoms with Crippen molar-refractivity contribution in [3.8, 4) is 11.1 Å². The lowest BCUT2D eigenvalue weighted by atomic mass is 10.00. The largest absolute Gasteiger partial charge is 0.321 e. The van der Waals surface area contributed by atoms with E-state index in [1.54, 1.807) is 6.08 Å². The fraction of sp³-hybridized carbons (Fsp3) is 0.0667. The van der Waals surface area contributed by atoms with Crippen molar-refractivity contribution in [3.63, 3.8) is 0 Å². The first-order valence-corrected chi connectivity index (χ1v) is 5.35. The summed E-state index contributed by atoms with van der Waals surface area (Å²) in [4.78, 5) is 0. The SMILES string of the molecule is C=C[C@@H](N)c1cccc(-c2ccccc2)c1. The van der Waals surface area contributed by atoms with Gasteiger partial charge in [-0.25, -0.2) is 0 Å². The third-order valence-corrected chi connectivity index (χ3v) is 2.63. The molecule has 0 saturated heterocycles. The van der Waals surface area contributed by atoms with Crippen molar-refractivity contribution >= 4 is 0 Å². The third-order valence-electron chi connectivity index (χ3n) is 2.63. The molecule has 2 rings (SSSR count). The summed E-state index contributed by atoms with van der Waals surface area (Å²) in [5.41, 5.74) is 9.42. The first kappa shape index (κ1) is 10.7. The van der Waals surface area contributed by atoms with Gasteiger partial charge in [0.25, 0.3) is 0 Å². The molecule has 0 spiro atoms. The molecule has 0 amide bonds. The predicted molar refractivity (Wildman–Crippen MR) is 69.0 cm³/mol. The van der Waals surface area contributed by atoms with Crippen molar-refractivity contribution < 1.29 is 0 Å². The number of rotatable bonds is 3. The Morgan fingerprint density at radius 1 is 0.938 bits per heavy atom. The first-order valence-electron chi connectivity index (χ1n) is 5.35. The molecule has 1 atom stereocenters. The van der Waals surface area contributed by atoms with E-state index in [9.17, 15) is 0 Å². The van der Waals surface area contributed by atoms with Gasteiger partial charge in [-0.1, -0.05) is 54.6 Å². The lowest BCUT2D eigenvalue weighted by Crippen LogP contribution is -2.06. The van der Waals surface area contributed by atoms with Crippen LogP contribution in [0.4, 0.5) is 0 Å². The second kappa shape index (κ2) is 4.77. The second-order valence-electron chi connectivity index (χ2n) is 3.75. The van der Waals surface area contributed by atoms with E-state index >= 15 is 0 Å². The maximum atomic E-state index is 5.92. The molecular formula is C15H15N. The Bertz CT molecular complexity index is 474. The number of nitrogens with two attached hydrogens (primary N) is 1. The molecular weight excluding hydrogens is 194 g/mol. The van der Waals surface area contributed by atoms with Crippen molar-refractivity contribution in [2.75, 3.05) is 0 Å². The lowest BCUT2D eigenvalue weighted by Gasteiger charge is -2.09. The van der Waals surface area contributed by atoms with Crippen molar-refractivity contribution in [3.05, 3.63) is 72.8 Å². The predicted octanol–water partition coefficient (Wildman–Crippen LogP) is 3.54. The van der Waals surface area contributed by atoms with Crippen LogP contribution in [-0.4, -0.2) is 0 Å². The summed E-state index contributed by atoms with van der Waals surface area (Å²) in [7, 11) is 0. The smallest absolute Gasteiger partial charge is 0.0478 e. The highest BCUT2D eigenvalue weighted by Crippen LogP contribution is 2.22. The zero-order valence-electron chi connectivity index (χ0n) is 9.14. The van der Waals surface area contributed by atoms with Crippen molar-refractivity contribution in [2.45, 2.75) is 6.04 Å². The van der Waals surface area contributed by atoms with Gasteiger partial charge in [0.15, 0.2) is 0 Å². The average Bonchev–Trinajstić information content (AvgIpc) is 2.39. The molecule has 0 aliphatic rings. The molecule has 0 radical (unpaired) electrons. The van der Waals surface area contributed by atoms with Crippen molar-refractivity contribution in [2.24, 2.45) is 5.73 Å². The van der Waals surface area contributed by atoms with Crippen LogP contribution in [0, 0.1) is 0 Å². The van der Waals surface area contributed by atoms with Crippen LogP contribution < -0.4 is 5.73 Å². The van der Waals surface area contributed by atoms with Crippen LogP contribution in [0.2, 0.25) is 0 Å². The van der Waals surface area contributed by atoms with Crippen LogP contribution in [0.15, 0.2) is 67.3 Å². The van der Waals surface area contributed by atoms with Crippen LogP contribution in [0.5, 0.6) is 0 Å². The van der Waals surface area contributed by atoms with E-state index < -0.39 is 0 Å². The molecule has 1 heteroatoms. The van der Waals surface area contributed by atoms with Gasteiger partial charge in [-0.05, 0) is 22.8 Å². The Morgan fingerprint density at radius 3 is 2.31 bits per heavy atom. The zero-order chi connectivity index (χ0) is 11.4. The molecule has 1 nitrogen and oxygen atoms in total. The Balaban J connectivity index is 2.40. The molecule has 16 heavy (non-hydrogen) atoms. The molecule has 0 heterocycles. The minimum atomic E-state index is -0.0938. The highest BCUT2D eigenvalue weighted by atomic mass is 14.6. The van der Waals surface area contributed by atoms with Crippen LogP contribution in [-0.2, 0) is 0 Å². The number of benzene rings is 2. The van der Waals surface area contributed by atoms with Crippen LogP contribution >= 0.6 is 0 Å². The van der Waals surface area contributed by atoms with E-state index in [0.29, 0.717) is 0 Å². The minimum absolute atomic E-state index is 0.0938. The molecule has 0 saturated carbocycles. The molecule has 0 fully saturated rings. The summed E-state index contributed by atoms with van der Waals surface area (Å²) < 4.78 is 0. The summed E-state index contributed by atoms with van der Waals surface area (Å²) in [6.07, 6.45) is 1.75. The molecule has 0 aliphatic carbocycles. The molecule has 0 unspecified atom stereocenters. The van der Waals surface area contributed by atoms with Gasteiger partial charge >= 0.3 is 0 Å². The van der Waals surface area contributed by atoms with Gasteiger partial charge in [0.2, 0.25) is 0 Å². The lowest BCUT2D eigenvalue weighted by molar-refractivity contribution is 0.915. The summed E-state index contributed by atoms with van der Waals surface area (Å²) in [6.45, 7) is 3.71. The zero-order valence-corrected chi connectivity index (χ0v) is 9.14. The van der Waals surface area contributed by atoms with Gasteiger partial charge in [0, 0.05) is 6.04 Å². The molecule has 0 aromatic heterocycles. The monoisotopic (exact) mass is 209 g/mol. The average molecular weight is 209 g/mol. The summed E-state index contributed by atoms with van der Waals surface area (Å²) >= 11 is 0.